The van der Waals surface area contributed by atoms with Crippen LogP contribution < -0.4 is 10.2 Å². The molecule has 3 heterocycles. The molecule has 0 atom stereocenters. The number of benzene rings is 2. The molecular formula is C24H19FN6O2. The second-order valence-electron chi connectivity index (χ2n) is 7.32. The Morgan fingerprint density at radius 3 is 2.52 bits per heavy atom. The molecule has 0 unspecified atom stereocenters. The quantitative estimate of drug-likeness (QED) is 0.415. The van der Waals surface area contributed by atoms with Crippen molar-refractivity contribution >= 4 is 0 Å². The average molecular weight is 442 g/mol. The molecule has 0 spiro atoms. The first-order valence-corrected chi connectivity index (χ1v) is 10.1. The van der Waals surface area contributed by atoms with Gasteiger partial charge in [0.05, 0.1) is 37.1 Å². The first kappa shape index (κ1) is 20.4. The van der Waals surface area contributed by atoms with Crippen LogP contribution in [0.25, 0.3) is 33.9 Å². The molecule has 9 heteroatoms. The Kier molecular flexibility index (Phi) is 5.06. The standard InChI is InChI=1S/C24H19FN6O2/c1-29-14-16(13-27-29)18-9-6-10-19(22(18)25)30-15-21(33-2)24(32)23(28-30)20-11-12-26-31(20)17-7-4-3-5-8-17/h3-15H,1-2H3. The summed E-state index contributed by atoms with van der Waals surface area (Å²) in [6.07, 6.45) is 6.27. The fraction of sp³-hybridized carbons (Fsp3) is 0.0833. The van der Waals surface area contributed by atoms with Crippen LogP contribution in [-0.2, 0) is 7.05 Å². The number of hydrogen-bond acceptors (Lipinski definition) is 5. The Morgan fingerprint density at radius 1 is 0.970 bits per heavy atom. The molecule has 2 aromatic carbocycles. The molecule has 33 heavy (non-hydrogen) atoms. The van der Waals surface area contributed by atoms with Gasteiger partial charge in [0.15, 0.2) is 17.3 Å². The predicted octanol–water partition coefficient (Wildman–Crippen LogP) is 3.63. The molecule has 5 aromatic rings. The van der Waals surface area contributed by atoms with Crippen LogP contribution in [0.3, 0.4) is 0 Å². The summed E-state index contributed by atoms with van der Waals surface area (Å²) in [5, 5.41) is 12.9. The van der Waals surface area contributed by atoms with E-state index < -0.39 is 11.2 Å². The van der Waals surface area contributed by atoms with E-state index in [-0.39, 0.29) is 17.1 Å². The number of para-hydroxylation sites is 1. The minimum absolute atomic E-state index is 0.0343. The van der Waals surface area contributed by atoms with Crippen molar-refractivity contribution in [3.8, 4) is 39.6 Å². The molecule has 0 aliphatic rings. The maximum absolute atomic E-state index is 15.6. The van der Waals surface area contributed by atoms with E-state index in [1.165, 1.54) is 18.0 Å². The maximum atomic E-state index is 15.6. The lowest BCUT2D eigenvalue weighted by Gasteiger charge is -2.13. The van der Waals surface area contributed by atoms with Gasteiger partial charge in [-0.05, 0) is 24.3 Å². The van der Waals surface area contributed by atoms with Crippen LogP contribution in [0.15, 0.2) is 84.2 Å². The fourth-order valence-corrected chi connectivity index (χ4v) is 3.64. The average Bonchev–Trinajstić information content (AvgIpc) is 3.49. The highest BCUT2D eigenvalue weighted by Gasteiger charge is 2.20. The van der Waals surface area contributed by atoms with E-state index in [1.807, 2.05) is 30.3 Å². The minimum Gasteiger partial charge on any atom is -0.491 e. The highest BCUT2D eigenvalue weighted by atomic mass is 19.1. The largest absolute Gasteiger partial charge is 0.491 e. The molecule has 0 amide bonds. The second-order valence-corrected chi connectivity index (χ2v) is 7.32. The zero-order valence-corrected chi connectivity index (χ0v) is 17.9. The van der Waals surface area contributed by atoms with E-state index in [4.69, 9.17) is 4.74 Å². The van der Waals surface area contributed by atoms with Crippen LogP contribution in [-0.4, -0.2) is 36.5 Å². The smallest absolute Gasteiger partial charge is 0.251 e. The Labute approximate surface area is 188 Å². The molecule has 0 bridgehead atoms. The molecule has 0 fully saturated rings. The third-order valence-electron chi connectivity index (χ3n) is 5.23. The molecule has 0 aliphatic carbocycles. The van der Waals surface area contributed by atoms with Gasteiger partial charge in [-0.3, -0.25) is 9.48 Å². The Hall–Kier alpha value is -4.53. The van der Waals surface area contributed by atoms with E-state index in [0.717, 1.165) is 5.69 Å². The van der Waals surface area contributed by atoms with Gasteiger partial charge in [-0.15, -0.1) is 0 Å². The maximum Gasteiger partial charge on any atom is 0.251 e. The third kappa shape index (κ3) is 3.59. The molecule has 0 saturated heterocycles. The van der Waals surface area contributed by atoms with Gasteiger partial charge in [0.1, 0.15) is 5.69 Å². The molecule has 164 valence electrons. The van der Waals surface area contributed by atoms with Crippen molar-refractivity contribution in [2.24, 2.45) is 7.05 Å². The van der Waals surface area contributed by atoms with Gasteiger partial charge in [0, 0.05) is 24.4 Å². The third-order valence-corrected chi connectivity index (χ3v) is 5.23. The summed E-state index contributed by atoms with van der Waals surface area (Å²) >= 11 is 0. The lowest BCUT2D eigenvalue weighted by Crippen LogP contribution is -2.18. The molecule has 0 aliphatic heterocycles. The van der Waals surface area contributed by atoms with Crippen molar-refractivity contribution in [1.82, 2.24) is 29.3 Å². The highest BCUT2D eigenvalue weighted by molar-refractivity contribution is 5.66. The lowest BCUT2D eigenvalue weighted by molar-refractivity contribution is 0.405. The Bertz CT molecular complexity index is 1500. The van der Waals surface area contributed by atoms with Crippen molar-refractivity contribution in [2.45, 2.75) is 0 Å². The summed E-state index contributed by atoms with van der Waals surface area (Å²) in [6, 6.07) is 16.0. The van der Waals surface area contributed by atoms with Gasteiger partial charge < -0.3 is 4.74 Å². The van der Waals surface area contributed by atoms with Crippen LogP contribution in [0.2, 0.25) is 0 Å². The number of aryl methyl sites for hydroxylation is 1. The predicted molar refractivity (Wildman–Crippen MR) is 121 cm³/mol. The van der Waals surface area contributed by atoms with Gasteiger partial charge in [0.2, 0.25) is 0 Å². The number of rotatable bonds is 5. The summed E-state index contributed by atoms with van der Waals surface area (Å²) in [4.78, 5) is 13.1. The van der Waals surface area contributed by atoms with Gasteiger partial charge in [-0.1, -0.05) is 30.3 Å². The van der Waals surface area contributed by atoms with Gasteiger partial charge in [-0.2, -0.15) is 15.3 Å². The normalized spacial score (nSPS) is 11.0. The van der Waals surface area contributed by atoms with Gasteiger partial charge in [0.25, 0.3) is 5.43 Å². The summed E-state index contributed by atoms with van der Waals surface area (Å²) < 4.78 is 25.4. The SMILES string of the molecule is COc1cn(-c2cccc(-c3cnn(C)c3)c2F)nc(-c2ccnn2-c2ccccc2)c1=O. The zero-order valence-electron chi connectivity index (χ0n) is 17.9. The molecular weight excluding hydrogens is 423 g/mol. The first-order chi connectivity index (χ1) is 16.1. The molecule has 3 aromatic heterocycles. The Morgan fingerprint density at radius 2 is 1.79 bits per heavy atom. The molecule has 0 N–H and O–H groups in total. The number of ether oxygens (including phenoxy) is 1. The number of nitrogens with zero attached hydrogens (tertiary/aromatic N) is 6. The van der Waals surface area contributed by atoms with Crippen molar-refractivity contribution in [3.05, 3.63) is 95.4 Å². The van der Waals surface area contributed by atoms with Crippen LogP contribution in [0.5, 0.6) is 5.75 Å². The van der Waals surface area contributed by atoms with Crippen LogP contribution in [0, 0.1) is 5.82 Å². The van der Waals surface area contributed by atoms with E-state index in [0.29, 0.717) is 16.8 Å². The molecule has 0 saturated carbocycles. The number of halogens is 1. The van der Waals surface area contributed by atoms with Crippen molar-refractivity contribution in [1.29, 1.82) is 0 Å². The van der Waals surface area contributed by atoms with Crippen molar-refractivity contribution in [3.63, 3.8) is 0 Å². The summed E-state index contributed by atoms with van der Waals surface area (Å²) in [5.41, 5.74) is 2.06. The zero-order chi connectivity index (χ0) is 22.9. The summed E-state index contributed by atoms with van der Waals surface area (Å²) in [6.45, 7) is 0. The van der Waals surface area contributed by atoms with Gasteiger partial charge >= 0.3 is 0 Å². The number of hydrogen-bond donors (Lipinski definition) is 0. The molecule has 5 rings (SSSR count). The van der Waals surface area contributed by atoms with E-state index >= 15 is 4.39 Å². The van der Waals surface area contributed by atoms with E-state index in [1.54, 1.807) is 59.3 Å². The van der Waals surface area contributed by atoms with E-state index in [2.05, 4.69) is 15.3 Å². The topological polar surface area (TPSA) is 79.8 Å². The van der Waals surface area contributed by atoms with E-state index in [9.17, 15) is 4.79 Å². The Balaban J connectivity index is 1.70. The van der Waals surface area contributed by atoms with Crippen LogP contribution >= 0.6 is 0 Å². The highest BCUT2D eigenvalue weighted by Crippen LogP contribution is 2.27. The van der Waals surface area contributed by atoms with Crippen molar-refractivity contribution < 1.29 is 9.13 Å². The monoisotopic (exact) mass is 442 g/mol. The minimum atomic E-state index is -0.494. The van der Waals surface area contributed by atoms with Gasteiger partial charge in [-0.25, -0.2) is 13.8 Å². The molecule has 8 nitrogen and oxygen atoms in total. The fourth-order valence-electron chi connectivity index (χ4n) is 3.64. The van der Waals surface area contributed by atoms with Crippen LogP contribution in [0.1, 0.15) is 0 Å². The number of aromatic nitrogens is 6. The number of methoxy groups -OCH3 is 1. The first-order valence-electron chi connectivity index (χ1n) is 10.1. The summed E-state index contributed by atoms with van der Waals surface area (Å²) in [5.74, 6) is -0.460. The van der Waals surface area contributed by atoms with Crippen molar-refractivity contribution in [2.75, 3.05) is 7.11 Å². The second kappa shape index (κ2) is 8.19. The lowest BCUT2D eigenvalue weighted by atomic mass is 10.1. The molecule has 0 radical (unpaired) electrons. The summed E-state index contributed by atoms with van der Waals surface area (Å²) in [7, 11) is 3.16. The van der Waals surface area contributed by atoms with Crippen LogP contribution in [0.4, 0.5) is 4.39 Å².